The molecule has 2 unspecified atom stereocenters. The molecule has 1 N–H and O–H groups in total. The number of furan rings is 1. The molecular formula is C14H25NO. The van der Waals surface area contributed by atoms with Crippen LogP contribution < -0.4 is 5.32 Å². The van der Waals surface area contributed by atoms with Crippen molar-refractivity contribution < 1.29 is 4.42 Å². The van der Waals surface area contributed by atoms with Crippen molar-refractivity contribution in [3.8, 4) is 0 Å². The first-order valence-electron chi connectivity index (χ1n) is 6.52. The lowest BCUT2D eigenvalue weighted by molar-refractivity contribution is 0.296. The van der Waals surface area contributed by atoms with Gasteiger partial charge in [0.2, 0.25) is 0 Å². The topological polar surface area (TPSA) is 25.2 Å². The van der Waals surface area contributed by atoms with Gasteiger partial charge in [-0.2, -0.15) is 0 Å². The fourth-order valence-corrected chi connectivity index (χ4v) is 2.34. The van der Waals surface area contributed by atoms with Crippen molar-refractivity contribution in [1.82, 2.24) is 5.32 Å². The van der Waals surface area contributed by atoms with Crippen molar-refractivity contribution in [1.29, 1.82) is 0 Å². The Hall–Kier alpha value is -0.760. The van der Waals surface area contributed by atoms with E-state index in [0.717, 1.165) is 18.1 Å². The molecule has 1 aromatic rings. The zero-order valence-electron chi connectivity index (χ0n) is 11.0. The van der Waals surface area contributed by atoms with Gasteiger partial charge < -0.3 is 9.73 Å². The van der Waals surface area contributed by atoms with Crippen molar-refractivity contribution in [2.75, 3.05) is 0 Å². The highest BCUT2D eigenvalue weighted by molar-refractivity contribution is 5.04. The number of hydrogen-bond donors (Lipinski definition) is 1. The zero-order chi connectivity index (χ0) is 12.0. The van der Waals surface area contributed by atoms with Gasteiger partial charge in [-0.1, -0.05) is 33.6 Å². The molecule has 1 aromatic heterocycles. The highest BCUT2D eigenvalue weighted by Crippen LogP contribution is 2.21. The summed E-state index contributed by atoms with van der Waals surface area (Å²) in [5.41, 5.74) is 0. The minimum Gasteiger partial charge on any atom is -0.468 e. The van der Waals surface area contributed by atoms with E-state index in [1.165, 1.54) is 12.8 Å². The molecule has 0 saturated heterocycles. The average Bonchev–Trinajstić information content (AvgIpc) is 2.81. The van der Waals surface area contributed by atoms with Crippen LogP contribution in [0, 0.1) is 5.92 Å². The van der Waals surface area contributed by atoms with Crippen LogP contribution in [0.25, 0.3) is 0 Å². The van der Waals surface area contributed by atoms with E-state index < -0.39 is 0 Å². The number of nitrogens with one attached hydrogen (secondary N) is 1. The van der Waals surface area contributed by atoms with Crippen molar-refractivity contribution in [2.45, 2.75) is 59.0 Å². The summed E-state index contributed by atoms with van der Waals surface area (Å²) in [7, 11) is 0. The summed E-state index contributed by atoms with van der Waals surface area (Å²) in [4.78, 5) is 0. The normalized spacial score (nSPS) is 15.3. The summed E-state index contributed by atoms with van der Waals surface area (Å²) in [5, 5.41) is 3.68. The molecule has 2 atom stereocenters. The van der Waals surface area contributed by atoms with Gasteiger partial charge in [-0.25, -0.2) is 0 Å². The first-order valence-corrected chi connectivity index (χ1v) is 6.52. The van der Waals surface area contributed by atoms with Gasteiger partial charge >= 0.3 is 0 Å². The van der Waals surface area contributed by atoms with E-state index in [2.05, 4.69) is 39.1 Å². The average molecular weight is 223 g/mol. The van der Waals surface area contributed by atoms with Crippen LogP contribution in [0.3, 0.4) is 0 Å². The van der Waals surface area contributed by atoms with Gasteiger partial charge in [0.25, 0.3) is 0 Å². The Labute approximate surface area is 99.4 Å². The smallest absolute Gasteiger partial charge is 0.120 e. The van der Waals surface area contributed by atoms with Gasteiger partial charge in [0.15, 0.2) is 0 Å². The van der Waals surface area contributed by atoms with Gasteiger partial charge in [-0.05, 0) is 31.4 Å². The Morgan fingerprint density at radius 1 is 1.19 bits per heavy atom. The Balaban J connectivity index is 2.56. The largest absolute Gasteiger partial charge is 0.468 e. The third-order valence-electron chi connectivity index (χ3n) is 3.51. The van der Waals surface area contributed by atoms with Crippen LogP contribution in [-0.4, -0.2) is 6.04 Å². The quantitative estimate of drug-likeness (QED) is 0.751. The fraction of sp³-hybridized carbons (Fsp3) is 0.714. The Morgan fingerprint density at radius 3 is 2.31 bits per heavy atom. The lowest BCUT2D eigenvalue weighted by Crippen LogP contribution is -2.35. The van der Waals surface area contributed by atoms with Gasteiger partial charge in [-0.3, -0.25) is 0 Å². The first-order chi connectivity index (χ1) is 7.72. The van der Waals surface area contributed by atoms with E-state index in [1.807, 2.05) is 6.07 Å². The third kappa shape index (κ3) is 3.38. The molecule has 16 heavy (non-hydrogen) atoms. The molecule has 0 amide bonds. The Morgan fingerprint density at radius 2 is 1.88 bits per heavy atom. The van der Waals surface area contributed by atoms with E-state index in [1.54, 1.807) is 6.26 Å². The van der Waals surface area contributed by atoms with E-state index in [4.69, 9.17) is 4.42 Å². The summed E-state index contributed by atoms with van der Waals surface area (Å²) in [6.45, 7) is 9.00. The minimum absolute atomic E-state index is 0.352. The van der Waals surface area contributed by atoms with Crippen LogP contribution in [0.15, 0.2) is 22.8 Å². The second kappa shape index (κ2) is 6.74. The maximum atomic E-state index is 5.47. The van der Waals surface area contributed by atoms with Gasteiger partial charge in [-0.15, -0.1) is 0 Å². The molecule has 0 aliphatic rings. The maximum absolute atomic E-state index is 5.47. The molecule has 2 nitrogen and oxygen atoms in total. The lowest BCUT2D eigenvalue weighted by atomic mass is 9.94. The minimum atomic E-state index is 0.352. The summed E-state index contributed by atoms with van der Waals surface area (Å²) in [6, 6.07) is 4.91. The molecular weight excluding hydrogens is 198 g/mol. The first kappa shape index (κ1) is 13.3. The Kier molecular flexibility index (Phi) is 5.61. The molecule has 0 saturated carbocycles. The zero-order valence-corrected chi connectivity index (χ0v) is 11.0. The highest BCUT2D eigenvalue weighted by Gasteiger charge is 2.19. The third-order valence-corrected chi connectivity index (χ3v) is 3.51. The van der Waals surface area contributed by atoms with Crippen LogP contribution in [0.1, 0.15) is 58.8 Å². The second-order valence-corrected chi connectivity index (χ2v) is 4.51. The molecule has 0 aliphatic carbocycles. The van der Waals surface area contributed by atoms with Crippen molar-refractivity contribution >= 4 is 0 Å². The molecule has 92 valence electrons. The molecule has 0 aliphatic heterocycles. The SMILES string of the molecule is CCC(NC(C)C(CC)CC)c1ccco1. The standard InChI is InChI=1S/C14H25NO/c1-5-12(6-2)11(4)15-13(7-3)14-9-8-10-16-14/h8-13,15H,5-7H2,1-4H3. The predicted molar refractivity (Wildman–Crippen MR) is 68.4 cm³/mol. The van der Waals surface area contributed by atoms with Gasteiger partial charge in [0.05, 0.1) is 12.3 Å². The maximum Gasteiger partial charge on any atom is 0.120 e. The molecule has 1 heterocycles. The number of hydrogen-bond acceptors (Lipinski definition) is 2. The monoisotopic (exact) mass is 223 g/mol. The van der Waals surface area contributed by atoms with E-state index in [-0.39, 0.29) is 0 Å². The van der Waals surface area contributed by atoms with Crippen LogP contribution in [0.5, 0.6) is 0 Å². The summed E-state index contributed by atoms with van der Waals surface area (Å²) >= 11 is 0. The van der Waals surface area contributed by atoms with E-state index in [9.17, 15) is 0 Å². The molecule has 0 bridgehead atoms. The number of rotatable bonds is 7. The van der Waals surface area contributed by atoms with Crippen LogP contribution >= 0.6 is 0 Å². The molecule has 0 fully saturated rings. The molecule has 0 radical (unpaired) electrons. The molecule has 1 rings (SSSR count). The summed E-state index contributed by atoms with van der Waals surface area (Å²) in [5.74, 6) is 1.81. The summed E-state index contributed by atoms with van der Waals surface area (Å²) in [6.07, 6.45) is 5.29. The van der Waals surface area contributed by atoms with Crippen molar-refractivity contribution in [3.05, 3.63) is 24.2 Å². The lowest BCUT2D eigenvalue weighted by Gasteiger charge is -2.26. The van der Waals surface area contributed by atoms with Crippen LogP contribution in [-0.2, 0) is 0 Å². The van der Waals surface area contributed by atoms with Crippen molar-refractivity contribution in [2.24, 2.45) is 5.92 Å². The van der Waals surface area contributed by atoms with E-state index in [0.29, 0.717) is 12.1 Å². The molecule has 0 aromatic carbocycles. The Bertz CT molecular complexity index is 264. The van der Waals surface area contributed by atoms with Gasteiger partial charge in [0, 0.05) is 6.04 Å². The van der Waals surface area contributed by atoms with Crippen molar-refractivity contribution in [3.63, 3.8) is 0 Å². The predicted octanol–water partition coefficient (Wildman–Crippen LogP) is 4.15. The van der Waals surface area contributed by atoms with Crippen LogP contribution in [0.2, 0.25) is 0 Å². The van der Waals surface area contributed by atoms with Crippen LogP contribution in [0.4, 0.5) is 0 Å². The second-order valence-electron chi connectivity index (χ2n) is 4.51. The van der Waals surface area contributed by atoms with E-state index >= 15 is 0 Å². The summed E-state index contributed by atoms with van der Waals surface area (Å²) < 4.78 is 5.47. The molecule has 2 heteroatoms. The fourth-order valence-electron chi connectivity index (χ4n) is 2.34. The van der Waals surface area contributed by atoms with Gasteiger partial charge in [0.1, 0.15) is 5.76 Å². The molecule has 0 spiro atoms. The highest BCUT2D eigenvalue weighted by atomic mass is 16.3.